The molecular formula is C11H13NO3. The number of ether oxygens (including phenoxy) is 1. The number of phenolic OH excluding ortho intramolecular Hbond substituents is 1. The number of cyclic esters (lactones) is 1. The van der Waals surface area contributed by atoms with Gasteiger partial charge in [0.15, 0.2) is 0 Å². The maximum atomic E-state index is 11.0. The van der Waals surface area contributed by atoms with Gasteiger partial charge in [-0.05, 0) is 12.5 Å². The average Bonchev–Trinajstić information content (AvgIpc) is 2.22. The van der Waals surface area contributed by atoms with E-state index < -0.39 is 6.09 Å². The predicted octanol–water partition coefficient (Wildman–Crippen LogP) is 1.87. The van der Waals surface area contributed by atoms with Crippen LogP contribution in [0.4, 0.5) is 4.79 Å². The lowest BCUT2D eigenvalue weighted by atomic mass is 10.00. The normalized spacial score (nSPS) is 20.6. The van der Waals surface area contributed by atoms with Crippen LogP contribution in [-0.2, 0) is 4.74 Å². The van der Waals surface area contributed by atoms with Crippen LogP contribution in [0, 0.1) is 6.92 Å². The SMILES string of the molecule is Cc1cccc([C@@H]2CCOC(=O)N2)c1O. The summed E-state index contributed by atoms with van der Waals surface area (Å²) in [6.07, 6.45) is 0.259. The number of aromatic hydroxyl groups is 1. The van der Waals surface area contributed by atoms with E-state index in [2.05, 4.69) is 5.32 Å². The second kappa shape index (κ2) is 3.81. The van der Waals surface area contributed by atoms with Crippen LogP contribution in [0.25, 0.3) is 0 Å². The molecule has 1 saturated heterocycles. The van der Waals surface area contributed by atoms with Crippen LogP contribution in [0.2, 0.25) is 0 Å². The predicted molar refractivity (Wildman–Crippen MR) is 54.7 cm³/mol. The van der Waals surface area contributed by atoms with Gasteiger partial charge in [0.2, 0.25) is 0 Å². The summed E-state index contributed by atoms with van der Waals surface area (Å²) in [5, 5.41) is 12.5. The van der Waals surface area contributed by atoms with Crippen molar-refractivity contribution in [3.63, 3.8) is 0 Å². The molecule has 4 heteroatoms. The summed E-state index contributed by atoms with van der Waals surface area (Å²) in [6.45, 7) is 2.23. The van der Waals surface area contributed by atoms with E-state index in [0.29, 0.717) is 13.0 Å². The Bertz CT molecular complexity index is 389. The number of alkyl carbamates (subject to hydrolysis) is 1. The van der Waals surface area contributed by atoms with Crippen molar-refractivity contribution in [1.29, 1.82) is 0 Å². The first kappa shape index (κ1) is 9.83. The largest absolute Gasteiger partial charge is 0.507 e. The summed E-state index contributed by atoms with van der Waals surface area (Å²) in [4.78, 5) is 11.0. The van der Waals surface area contributed by atoms with Crippen molar-refractivity contribution in [2.24, 2.45) is 0 Å². The minimum Gasteiger partial charge on any atom is -0.507 e. The molecule has 2 rings (SSSR count). The van der Waals surface area contributed by atoms with Crippen molar-refractivity contribution in [3.05, 3.63) is 29.3 Å². The number of phenols is 1. The topological polar surface area (TPSA) is 58.6 Å². The molecule has 0 aromatic heterocycles. The molecule has 0 spiro atoms. The lowest BCUT2D eigenvalue weighted by Crippen LogP contribution is -2.35. The number of nitrogens with one attached hydrogen (secondary N) is 1. The van der Waals surface area contributed by atoms with Gasteiger partial charge in [-0.15, -0.1) is 0 Å². The molecule has 80 valence electrons. The van der Waals surface area contributed by atoms with E-state index in [9.17, 15) is 9.90 Å². The number of para-hydroxylation sites is 1. The van der Waals surface area contributed by atoms with Gasteiger partial charge in [0.05, 0.1) is 12.6 Å². The molecule has 1 fully saturated rings. The number of hydrogen-bond donors (Lipinski definition) is 2. The van der Waals surface area contributed by atoms with Crippen molar-refractivity contribution in [2.75, 3.05) is 6.61 Å². The number of amides is 1. The number of carbonyl (C=O) groups is 1. The minimum atomic E-state index is -0.424. The van der Waals surface area contributed by atoms with Gasteiger partial charge in [-0.1, -0.05) is 18.2 Å². The standard InChI is InChI=1S/C11H13NO3/c1-7-3-2-4-8(10(7)13)9-5-6-15-11(14)12-9/h2-4,9,13H,5-6H2,1H3,(H,12,14)/t9-/m0/s1. The number of aryl methyl sites for hydroxylation is 1. The molecule has 2 N–H and O–H groups in total. The maximum absolute atomic E-state index is 11.0. The molecule has 0 unspecified atom stereocenters. The maximum Gasteiger partial charge on any atom is 0.407 e. The Labute approximate surface area is 87.9 Å². The fraction of sp³-hybridized carbons (Fsp3) is 0.364. The highest BCUT2D eigenvalue weighted by Crippen LogP contribution is 2.30. The van der Waals surface area contributed by atoms with E-state index >= 15 is 0 Å². The van der Waals surface area contributed by atoms with Crippen LogP contribution in [-0.4, -0.2) is 17.8 Å². The van der Waals surface area contributed by atoms with Crippen LogP contribution in [0.1, 0.15) is 23.6 Å². The van der Waals surface area contributed by atoms with Gasteiger partial charge >= 0.3 is 6.09 Å². The van der Waals surface area contributed by atoms with Crippen molar-refractivity contribution in [3.8, 4) is 5.75 Å². The van der Waals surface area contributed by atoms with Crippen LogP contribution in [0.15, 0.2) is 18.2 Å². The highest BCUT2D eigenvalue weighted by Gasteiger charge is 2.23. The van der Waals surface area contributed by atoms with E-state index in [0.717, 1.165) is 11.1 Å². The molecule has 4 nitrogen and oxygen atoms in total. The molecule has 0 radical (unpaired) electrons. The van der Waals surface area contributed by atoms with Gasteiger partial charge in [-0.3, -0.25) is 0 Å². The third kappa shape index (κ3) is 1.88. The number of carbonyl (C=O) groups excluding carboxylic acids is 1. The Morgan fingerprint density at radius 1 is 1.53 bits per heavy atom. The lowest BCUT2D eigenvalue weighted by Gasteiger charge is -2.24. The molecule has 0 aliphatic carbocycles. The van der Waals surface area contributed by atoms with E-state index in [4.69, 9.17) is 4.74 Å². The summed E-state index contributed by atoms with van der Waals surface area (Å²) < 4.78 is 4.77. The molecule has 1 amide bonds. The Hall–Kier alpha value is -1.71. The van der Waals surface area contributed by atoms with E-state index in [1.165, 1.54) is 0 Å². The first-order chi connectivity index (χ1) is 7.18. The highest BCUT2D eigenvalue weighted by molar-refractivity contribution is 5.69. The van der Waals surface area contributed by atoms with E-state index in [-0.39, 0.29) is 11.8 Å². The lowest BCUT2D eigenvalue weighted by molar-refractivity contribution is 0.115. The molecule has 15 heavy (non-hydrogen) atoms. The number of rotatable bonds is 1. The van der Waals surface area contributed by atoms with Gasteiger partial charge in [0.1, 0.15) is 5.75 Å². The molecular weight excluding hydrogens is 194 g/mol. The first-order valence-electron chi connectivity index (χ1n) is 4.90. The Kier molecular flexibility index (Phi) is 2.49. The Morgan fingerprint density at radius 3 is 3.07 bits per heavy atom. The zero-order chi connectivity index (χ0) is 10.8. The quantitative estimate of drug-likeness (QED) is 0.739. The van der Waals surface area contributed by atoms with Crippen molar-refractivity contribution >= 4 is 6.09 Å². The summed E-state index contributed by atoms with van der Waals surface area (Å²) in [6, 6.07) is 5.37. The fourth-order valence-corrected chi connectivity index (χ4v) is 1.72. The molecule has 1 aromatic rings. The van der Waals surface area contributed by atoms with Gasteiger partial charge < -0.3 is 15.2 Å². The van der Waals surface area contributed by atoms with Crippen LogP contribution >= 0.6 is 0 Å². The van der Waals surface area contributed by atoms with Crippen LogP contribution < -0.4 is 5.32 Å². The zero-order valence-electron chi connectivity index (χ0n) is 8.49. The van der Waals surface area contributed by atoms with Gasteiger partial charge in [-0.25, -0.2) is 4.79 Å². The number of hydrogen-bond acceptors (Lipinski definition) is 3. The molecule has 0 bridgehead atoms. The molecule has 1 atom stereocenters. The second-order valence-electron chi connectivity index (χ2n) is 3.63. The van der Waals surface area contributed by atoms with E-state index in [1.54, 1.807) is 0 Å². The third-order valence-electron chi connectivity index (χ3n) is 2.58. The Morgan fingerprint density at radius 2 is 2.33 bits per heavy atom. The van der Waals surface area contributed by atoms with Crippen LogP contribution in [0.3, 0.4) is 0 Å². The molecule has 1 heterocycles. The molecule has 1 aromatic carbocycles. The van der Waals surface area contributed by atoms with Gasteiger partial charge in [-0.2, -0.15) is 0 Å². The fourth-order valence-electron chi connectivity index (χ4n) is 1.72. The highest BCUT2D eigenvalue weighted by atomic mass is 16.5. The third-order valence-corrected chi connectivity index (χ3v) is 2.58. The zero-order valence-corrected chi connectivity index (χ0v) is 8.49. The molecule has 1 aliphatic rings. The van der Waals surface area contributed by atoms with Crippen LogP contribution in [0.5, 0.6) is 5.75 Å². The summed E-state index contributed by atoms with van der Waals surface area (Å²) in [5.41, 5.74) is 1.57. The average molecular weight is 207 g/mol. The van der Waals surface area contributed by atoms with Crippen molar-refractivity contribution in [2.45, 2.75) is 19.4 Å². The smallest absolute Gasteiger partial charge is 0.407 e. The first-order valence-corrected chi connectivity index (χ1v) is 4.90. The summed E-state index contributed by atoms with van der Waals surface area (Å²) >= 11 is 0. The van der Waals surface area contributed by atoms with Gasteiger partial charge in [0, 0.05) is 12.0 Å². The summed E-state index contributed by atoms with van der Waals surface area (Å²) in [5.74, 6) is 0.254. The number of benzene rings is 1. The van der Waals surface area contributed by atoms with E-state index in [1.807, 2.05) is 25.1 Å². The monoisotopic (exact) mass is 207 g/mol. The van der Waals surface area contributed by atoms with Gasteiger partial charge in [0.25, 0.3) is 0 Å². The molecule has 1 aliphatic heterocycles. The van der Waals surface area contributed by atoms with Crippen molar-refractivity contribution in [1.82, 2.24) is 5.32 Å². The Balaban J connectivity index is 2.28. The summed E-state index contributed by atoms with van der Waals surface area (Å²) in [7, 11) is 0. The second-order valence-corrected chi connectivity index (χ2v) is 3.63. The minimum absolute atomic E-state index is 0.147. The van der Waals surface area contributed by atoms with Crippen molar-refractivity contribution < 1.29 is 14.6 Å². The molecule has 0 saturated carbocycles.